The Hall–Kier alpha value is -5.02. The number of fused-ring (bicyclic) bond motifs is 2. The first-order valence-corrected chi connectivity index (χ1v) is 26.4. The number of benzene rings is 2. The maximum absolute atomic E-state index is 13.8. The summed E-state index contributed by atoms with van der Waals surface area (Å²) in [5.74, 6) is -0.111. The summed E-state index contributed by atoms with van der Waals surface area (Å²) in [6, 6.07) is 12.7. The number of piperidine rings is 1. The molecule has 374 valence electrons. The van der Waals surface area contributed by atoms with E-state index in [2.05, 4.69) is 38.2 Å². The highest BCUT2D eigenvalue weighted by atomic mass is 32.2. The number of hydrogen-bond acceptors (Lipinski definition) is 13. The van der Waals surface area contributed by atoms with E-state index >= 15 is 0 Å². The molecule has 19 heteroatoms. The fraction of sp³-hybridized carbons (Fsp3) is 0.580. The normalized spacial score (nSPS) is 17.9. The molecule has 1 saturated carbocycles. The van der Waals surface area contributed by atoms with Crippen LogP contribution in [0.15, 0.2) is 64.5 Å². The van der Waals surface area contributed by atoms with E-state index in [4.69, 9.17) is 23.9 Å². The summed E-state index contributed by atoms with van der Waals surface area (Å²) in [7, 11) is -1.94. The molecule has 0 radical (unpaired) electrons. The van der Waals surface area contributed by atoms with E-state index in [1.165, 1.54) is 23.8 Å². The summed E-state index contributed by atoms with van der Waals surface area (Å²) in [6.45, 7) is 9.59. The summed E-state index contributed by atoms with van der Waals surface area (Å²) < 4.78 is 57.4. The third-order valence-electron chi connectivity index (χ3n) is 13.6. The van der Waals surface area contributed by atoms with Crippen molar-refractivity contribution in [1.82, 2.24) is 38.2 Å². The Morgan fingerprint density at radius 2 is 1.51 bits per heavy atom. The van der Waals surface area contributed by atoms with Crippen LogP contribution in [0.1, 0.15) is 88.8 Å². The zero-order valence-corrected chi connectivity index (χ0v) is 41.1. The highest BCUT2D eigenvalue weighted by Gasteiger charge is 2.32. The topological polar surface area (TPSA) is 193 Å². The fourth-order valence-electron chi connectivity index (χ4n) is 9.78. The van der Waals surface area contributed by atoms with E-state index in [9.17, 15) is 22.8 Å². The first-order valence-electron chi connectivity index (χ1n) is 24.9. The summed E-state index contributed by atoms with van der Waals surface area (Å²) in [5.41, 5.74) is 5.09. The zero-order chi connectivity index (χ0) is 48.2. The highest BCUT2D eigenvalue weighted by Crippen LogP contribution is 2.37. The van der Waals surface area contributed by atoms with Crippen LogP contribution in [0.25, 0.3) is 33.2 Å². The quantitative estimate of drug-likeness (QED) is 0.0555. The maximum atomic E-state index is 13.8. The second-order valence-corrected chi connectivity index (χ2v) is 20.2. The number of imidazole rings is 1. The van der Waals surface area contributed by atoms with Gasteiger partial charge in [0, 0.05) is 88.7 Å². The van der Waals surface area contributed by atoms with Gasteiger partial charge in [-0.25, -0.2) is 18.2 Å². The lowest BCUT2D eigenvalue weighted by Gasteiger charge is -2.33. The Labute approximate surface area is 404 Å². The first kappa shape index (κ1) is 50.4. The van der Waals surface area contributed by atoms with Gasteiger partial charge < -0.3 is 28.8 Å². The molecule has 3 aromatic heterocycles. The number of carbonyl (C=O) groups excluding carboxylic acids is 2. The van der Waals surface area contributed by atoms with Crippen LogP contribution in [0.3, 0.4) is 0 Å². The average Bonchev–Trinajstić information content (AvgIpc) is 3.87. The van der Waals surface area contributed by atoms with E-state index in [1.807, 2.05) is 36.5 Å². The molecule has 2 N–H and O–H groups in total. The molecule has 1 atom stereocenters. The Morgan fingerprint density at radius 3 is 2.20 bits per heavy atom. The molecule has 69 heavy (non-hydrogen) atoms. The first-order chi connectivity index (χ1) is 33.6. The van der Waals surface area contributed by atoms with Crippen molar-refractivity contribution in [3.8, 4) is 11.1 Å². The number of imide groups is 1. The minimum Gasteiger partial charge on any atom is -0.379 e. The van der Waals surface area contributed by atoms with Crippen LogP contribution in [-0.4, -0.2) is 145 Å². The van der Waals surface area contributed by atoms with Gasteiger partial charge in [-0.2, -0.15) is 9.29 Å². The minimum absolute atomic E-state index is 0.201. The number of nitrogens with one attached hydrogen (secondary N) is 2. The molecule has 2 aromatic carbocycles. The molecule has 8 rings (SSSR count). The van der Waals surface area contributed by atoms with Gasteiger partial charge in [-0.1, -0.05) is 56.9 Å². The number of carbonyl (C=O) groups is 2. The zero-order valence-electron chi connectivity index (χ0n) is 40.2. The second-order valence-electron chi connectivity index (χ2n) is 18.2. The van der Waals surface area contributed by atoms with Crippen LogP contribution in [0, 0.1) is 0 Å². The smallest absolute Gasteiger partial charge is 0.329 e. The number of anilines is 1. The van der Waals surface area contributed by atoms with Crippen molar-refractivity contribution in [2.75, 3.05) is 97.4 Å². The number of hydrogen-bond donors (Lipinski definition) is 2. The number of aryl methyl sites for hydroxylation is 2. The van der Waals surface area contributed by atoms with E-state index in [0.29, 0.717) is 121 Å². The van der Waals surface area contributed by atoms with Gasteiger partial charge in [0.25, 0.3) is 0 Å². The monoisotopic (exact) mass is 971 g/mol. The van der Waals surface area contributed by atoms with Crippen molar-refractivity contribution in [2.24, 2.45) is 7.05 Å². The van der Waals surface area contributed by atoms with Crippen molar-refractivity contribution in [2.45, 2.75) is 94.5 Å². The van der Waals surface area contributed by atoms with Gasteiger partial charge >= 0.3 is 5.69 Å². The van der Waals surface area contributed by atoms with Gasteiger partial charge in [0.05, 0.1) is 62.2 Å². The Kier molecular flexibility index (Phi) is 17.7. The standard InChI is InChI=1S/C50H69N9O9S/c1-3-4-21-51-49-52-35-41-42(36-58(47(41)54-49)39-12-6-5-7-13-39)37-15-17-40(18-16-37)69(63,64)57-24-22-56(23-25-57)26-28-66-30-32-68-34-33-67-31-29-65-27-9-11-38-10-8-14-43-46(38)55(2)50(62)59(43)44-19-20-45(60)53-48(44)61/h8,10,14-18,35-36,39,44H,3-7,9,11-13,19-34H2,1-2H3,(H,51,52,54)(H,53,60,61). The number of nitrogens with zero attached hydrogens (tertiary/aromatic N) is 7. The molecule has 1 aliphatic carbocycles. The Balaban J connectivity index is 0.679. The third kappa shape index (κ3) is 12.3. The van der Waals surface area contributed by atoms with Crippen LogP contribution in [-0.2, 0) is 52.0 Å². The molecule has 2 aliphatic heterocycles. The van der Waals surface area contributed by atoms with Crippen LogP contribution in [0.2, 0.25) is 0 Å². The van der Waals surface area contributed by atoms with E-state index in [0.717, 1.165) is 71.9 Å². The Morgan fingerprint density at radius 1 is 0.812 bits per heavy atom. The van der Waals surface area contributed by atoms with Crippen molar-refractivity contribution in [1.29, 1.82) is 0 Å². The molecular weight excluding hydrogens is 903 g/mol. The second kappa shape index (κ2) is 24.2. The molecule has 3 fully saturated rings. The van der Waals surface area contributed by atoms with Gasteiger partial charge in [-0.05, 0) is 67.9 Å². The van der Waals surface area contributed by atoms with Crippen LogP contribution in [0.4, 0.5) is 5.95 Å². The van der Waals surface area contributed by atoms with Gasteiger partial charge in [0.2, 0.25) is 27.8 Å². The van der Waals surface area contributed by atoms with Gasteiger partial charge in [-0.15, -0.1) is 0 Å². The number of sulfonamides is 1. The number of piperazine rings is 1. The lowest BCUT2D eigenvalue weighted by Crippen LogP contribution is -2.49. The van der Waals surface area contributed by atoms with Crippen molar-refractivity contribution >= 4 is 49.9 Å². The van der Waals surface area contributed by atoms with Crippen molar-refractivity contribution in [3.05, 3.63) is 70.9 Å². The highest BCUT2D eigenvalue weighted by molar-refractivity contribution is 7.89. The molecule has 1 unspecified atom stereocenters. The number of para-hydroxylation sites is 1. The lowest BCUT2D eigenvalue weighted by molar-refractivity contribution is -0.135. The number of unbranched alkanes of at least 4 members (excludes halogenated alkanes) is 1. The molecule has 0 spiro atoms. The molecule has 18 nitrogen and oxygen atoms in total. The molecule has 0 bridgehead atoms. The van der Waals surface area contributed by atoms with E-state index in [1.54, 1.807) is 28.1 Å². The number of aromatic nitrogens is 5. The number of rotatable bonds is 25. The lowest BCUT2D eigenvalue weighted by atomic mass is 9.95. The van der Waals surface area contributed by atoms with Gasteiger partial charge in [0.1, 0.15) is 11.7 Å². The SMILES string of the molecule is CCCCNc1ncc2c(-c3ccc(S(=O)(=O)N4CCN(CCOCCOCCOCCOCCCc5cccc6c5n(C)c(=O)n6C5CCC(=O)NC5=O)CC4)cc3)cn(C3CCCCC3)c2n1. The summed E-state index contributed by atoms with van der Waals surface area (Å²) in [4.78, 5) is 49.5. The average molecular weight is 972 g/mol. The summed E-state index contributed by atoms with van der Waals surface area (Å²) >= 11 is 0. The van der Waals surface area contributed by atoms with Crippen LogP contribution < -0.4 is 16.3 Å². The molecule has 5 heterocycles. The Bertz CT molecular complexity index is 2670. The van der Waals surface area contributed by atoms with Crippen LogP contribution in [0.5, 0.6) is 0 Å². The number of amides is 2. The fourth-order valence-corrected chi connectivity index (χ4v) is 11.2. The molecule has 2 amide bonds. The number of ether oxygens (including phenoxy) is 4. The van der Waals surface area contributed by atoms with E-state index < -0.39 is 22.0 Å². The minimum atomic E-state index is -3.65. The maximum Gasteiger partial charge on any atom is 0.329 e. The van der Waals surface area contributed by atoms with Crippen molar-refractivity contribution in [3.63, 3.8) is 0 Å². The third-order valence-corrected chi connectivity index (χ3v) is 15.5. The molecule has 5 aromatic rings. The van der Waals surface area contributed by atoms with Crippen LogP contribution >= 0.6 is 0 Å². The largest absolute Gasteiger partial charge is 0.379 e. The molecule has 3 aliphatic rings. The predicted octanol–water partition coefficient (Wildman–Crippen LogP) is 5.45. The van der Waals surface area contributed by atoms with Gasteiger partial charge in [0.15, 0.2) is 0 Å². The molecule has 2 saturated heterocycles. The summed E-state index contributed by atoms with van der Waals surface area (Å²) in [5, 5.41) is 6.71. The molecular formula is C50H69N9O9S. The van der Waals surface area contributed by atoms with Crippen molar-refractivity contribution < 1.29 is 37.0 Å². The summed E-state index contributed by atoms with van der Waals surface area (Å²) in [6.07, 6.45) is 14.1. The van der Waals surface area contributed by atoms with Gasteiger partial charge in [-0.3, -0.25) is 28.9 Å². The van der Waals surface area contributed by atoms with E-state index in [-0.39, 0.29) is 18.0 Å². The predicted molar refractivity (Wildman–Crippen MR) is 264 cm³/mol.